The van der Waals surface area contributed by atoms with Gasteiger partial charge < -0.3 is 5.32 Å². The molecule has 0 radical (unpaired) electrons. The highest BCUT2D eigenvalue weighted by Gasteiger charge is 2.15. The van der Waals surface area contributed by atoms with Gasteiger partial charge in [0.2, 0.25) is 5.91 Å². The van der Waals surface area contributed by atoms with Crippen molar-refractivity contribution in [1.82, 2.24) is 14.8 Å². The molecule has 0 saturated heterocycles. The third-order valence-corrected chi connectivity index (χ3v) is 5.12. The van der Waals surface area contributed by atoms with Gasteiger partial charge in [-0.15, -0.1) is 11.8 Å². The van der Waals surface area contributed by atoms with E-state index in [2.05, 4.69) is 31.3 Å². The quantitative estimate of drug-likeness (QED) is 0.611. The van der Waals surface area contributed by atoms with Crippen LogP contribution in [0.2, 0.25) is 0 Å². The molecule has 1 atom stereocenters. The van der Waals surface area contributed by atoms with Crippen molar-refractivity contribution in [2.24, 2.45) is 0 Å². The Morgan fingerprint density at radius 3 is 2.64 bits per heavy atom. The third kappa shape index (κ3) is 5.17. The number of thioether (sulfide) groups is 1. The minimum Gasteiger partial charge on any atom is -0.308 e. The number of carbonyl (C=O) groups excluding carboxylic acids is 1. The molecule has 0 aliphatic heterocycles. The van der Waals surface area contributed by atoms with Crippen molar-refractivity contribution < 1.29 is 4.79 Å². The van der Waals surface area contributed by atoms with Crippen molar-refractivity contribution in [3.8, 4) is 0 Å². The Hall–Kier alpha value is -2.12. The summed E-state index contributed by atoms with van der Waals surface area (Å²) in [6, 6.07) is 13.6. The van der Waals surface area contributed by atoms with E-state index in [1.165, 1.54) is 11.8 Å². The van der Waals surface area contributed by atoms with E-state index in [-0.39, 0.29) is 11.2 Å². The summed E-state index contributed by atoms with van der Waals surface area (Å²) in [6.07, 6.45) is 5.35. The Bertz CT molecular complexity index is 836. The van der Waals surface area contributed by atoms with Crippen LogP contribution in [-0.2, 0) is 11.3 Å². The average Bonchev–Trinajstić information content (AvgIpc) is 3.04. The van der Waals surface area contributed by atoms with Gasteiger partial charge in [0.25, 0.3) is 0 Å². The molecule has 0 aliphatic carbocycles. The molecule has 0 fully saturated rings. The van der Waals surface area contributed by atoms with Crippen LogP contribution in [0.3, 0.4) is 0 Å². The van der Waals surface area contributed by atoms with Gasteiger partial charge in [0, 0.05) is 34.0 Å². The second kappa shape index (κ2) is 8.31. The molecule has 7 heteroatoms. The molecule has 0 spiro atoms. The summed E-state index contributed by atoms with van der Waals surface area (Å²) in [4.78, 5) is 17.4. The van der Waals surface area contributed by atoms with Crippen LogP contribution in [0.5, 0.6) is 0 Å². The highest BCUT2D eigenvalue weighted by molar-refractivity contribution is 9.10. The van der Waals surface area contributed by atoms with E-state index < -0.39 is 0 Å². The lowest BCUT2D eigenvalue weighted by Crippen LogP contribution is -2.22. The summed E-state index contributed by atoms with van der Waals surface area (Å²) in [5.74, 6) is 0.490. The summed E-state index contributed by atoms with van der Waals surface area (Å²) in [7, 11) is 0. The molecule has 25 heavy (non-hydrogen) atoms. The topological polar surface area (TPSA) is 59.8 Å². The van der Waals surface area contributed by atoms with Crippen molar-refractivity contribution in [3.63, 3.8) is 0 Å². The molecule has 1 amide bonds. The molecule has 3 rings (SSSR count). The molecule has 0 bridgehead atoms. The van der Waals surface area contributed by atoms with E-state index >= 15 is 0 Å². The smallest absolute Gasteiger partial charge is 0.238 e. The van der Waals surface area contributed by atoms with E-state index in [1.807, 2.05) is 49.5 Å². The van der Waals surface area contributed by atoms with Gasteiger partial charge in [-0.3, -0.25) is 14.5 Å². The first-order valence-corrected chi connectivity index (χ1v) is 9.43. The predicted octanol–water partition coefficient (Wildman–Crippen LogP) is 4.21. The molecule has 2 aromatic heterocycles. The largest absolute Gasteiger partial charge is 0.308 e. The minimum absolute atomic E-state index is 0.0675. The maximum absolute atomic E-state index is 12.4. The van der Waals surface area contributed by atoms with Crippen LogP contribution in [0.1, 0.15) is 12.5 Å². The molecule has 128 valence electrons. The fourth-order valence-electron chi connectivity index (χ4n) is 2.19. The standard InChI is InChI=1S/C18H17BrN4OS/c1-13(25-16-4-2-15(19)3-5-16)18(24)21-17-8-11-23(22-17)12-14-6-9-20-10-7-14/h2-11,13H,12H2,1H3,(H,21,22,24). The zero-order valence-electron chi connectivity index (χ0n) is 13.6. The molecule has 5 nitrogen and oxygen atoms in total. The average molecular weight is 417 g/mol. The van der Waals surface area contributed by atoms with Gasteiger partial charge in [0.05, 0.1) is 11.8 Å². The summed E-state index contributed by atoms with van der Waals surface area (Å²) in [5, 5.41) is 7.05. The van der Waals surface area contributed by atoms with E-state index in [0.717, 1.165) is 14.9 Å². The number of anilines is 1. The first-order chi connectivity index (χ1) is 12.1. The van der Waals surface area contributed by atoms with Crippen molar-refractivity contribution >= 4 is 39.4 Å². The number of carbonyl (C=O) groups is 1. The summed E-state index contributed by atoms with van der Waals surface area (Å²) in [5.41, 5.74) is 1.11. The molecule has 1 aromatic carbocycles. The summed E-state index contributed by atoms with van der Waals surface area (Å²) >= 11 is 4.92. The highest BCUT2D eigenvalue weighted by atomic mass is 79.9. The highest BCUT2D eigenvalue weighted by Crippen LogP contribution is 2.25. The first kappa shape index (κ1) is 17.7. The van der Waals surface area contributed by atoms with Crippen LogP contribution in [0, 0.1) is 0 Å². The number of benzene rings is 1. The first-order valence-electron chi connectivity index (χ1n) is 7.75. The maximum atomic E-state index is 12.4. The molecule has 0 aliphatic rings. The van der Waals surface area contributed by atoms with Crippen LogP contribution >= 0.6 is 27.7 Å². The number of rotatable bonds is 6. The van der Waals surface area contributed by atoms with Gasteiger partial charge in [-0.1, -0.05) is 15.9 Å². The van der Waals surface area contributed by atoms with Gasteiger partial charge in [-0.25, -0.2) is 0 Å². The Kier molecular flexibility index (Phi) is 5.88. The Balaban J connectivity index is 1.56. The lowest BCUT2D eigenvalue weighted by atomic mass is 10.3. The molecule has 0 saturated carbocycles. The van der Waals surface area contributed by atoms with Crippen LogP contribution in [0.25, 0.3) is 0 Å². The number of nitrogens with zero attached hydrogens (tertiary/aromatic N) is 3. The van der Waals surface area contributed by atoms with E-state index in [9.17, 15) is 4.79 Å². The molecule has 1 unspecified atom stereocenters. The summed E-state index contributed by atoms with van der Waals surface area (Å²) in [6.45, 7) is 2.53. The lowest BCUT2D eigenvalue weighted by molar-refractivity contribution is -0.115. The fourth-order valence-corrected chi connectivity index (χ4v) is 3.32. The fraction of sp³-hybridized carbons (Fsp3) is 0.167. The van der Waals surface area contributed by atoms with Crippen molar-refractivity contribution in [2.75, 3.05) is 5.32 Å². The van der Waals surface area contributed by atoms with Crippen LogP contribution < -0.4 is 5.32 Å². The van der Waals surface area contributed by atoms with Crippen molar-refractivity contribution in [3.05, 3.63) is 71.1 Å². The maximum Gasteiger partial charge on any atom is 0.238 e. The van der Waals surface area contributed by atoms with Crippen LogP contribution in [0.4, 0.5) is 5.82 Å². The monoisotopic (exact) mass is 416 g/mol. The Morgan fingerprint density at radius 1 is 1.20 bits per heavy atom. The Labute approximate surface area is 159 Å². The number of hydrogen-bond donors (Lipinski definition) is 1. The normalized spacial score (nSPS) is 11.9. The minimum atomic E-state index is -0.216. The Morgan fingerprint density at radius 2 is 1.92 bits per heavy atom. The number of hydrogen-bond acceptors (Lipinski definition) is 4. The van der Waals surface area contributed by atoms with E-state index in [4.69, 9.17) is 0 Å². The number of aromatic nitrogens is 3. The number of nitrogens with one attached hydrogen (secondary N) is 1. The van der Waals surface area contributed by atoms with E-state index in [0.29, 0.717) is 12.4 Å². The van der Waals surface area contributed by atoms with Gasteiger partial charge in [0.15, 0.2) is 5.82 Å². The molecular weight excluding hydrogens is 400 g/mol. The number of halogens is 1. The molecular formula is C18H17BrN4OS. The zero-order chi connectivity index (χ0) is 17.6. The van der Waals surface area contributed by atoms with Crippen LogP contribution in [0.15, 0.2) is 70.4 Å². The molecule has 1 N–H and O–H groups in total. The van der Waals surface area contributed by atoms with Gasteiger partial charge in [-0.2, -0.15) is 5.10 Å². The number of pyridine rings is 1. The second-order valence-corrected chi connectivity index (χ2v) is 7.79. The van der Waals surface area contributed by atoms with Crippen molar-refractivity contribution in [1.29, 1.82) is 0 Å². The van der Waals surface area contributed by atoms with Crippen LogP contribution in [-0.4, -0.2) is 25.9 Å². The molecule has 3 aromatic rings. The second-order valence-electron chi connectivity index (χ2n) is 5.46. The third-order valence-electron chi connectivity index (χ3n) is 3.48. The van der Waals surface area contributed by atoms with Gasteiger partial charge in [0.1, 0.15) is 0 Å². The zero-order valence-corrected chi connectivity index (χ0v) is 16.0. The van der Waals surface area contributed by atoms with Gasteiger partial charge in [-0.05, 0) is 48.9 Å². The summed E-state index contributed by atoms with van der Waals surface area (Å²) < 4.78 is 2.81. The predicted molar refractivity (Wildman–Crippen MR) is 104 cm³/mol. The SMILES string of the molecule is CC(Sc1ccc(Br)cc1)C(=O)Nc1ccn(Cc2ccncc2)n1. The molecule has 2 heterocycles. The van der Waals surface area contributed by atoms with E-state index in [1.54, 1.807) is 23.1 Å². The van der Waals surface area contributed by atoms with Gasteiger partial charge >= 0.3 is 0 Å². The lowest BCUT2D eigenvalue weighted by Gasteiger charge is -2.10. The number of amides is 1. The van der Waals surface area contributed by atoms with Crippen molar-refractivity contribution in [2.45, 2.75) is 23.6 Å².